The van der Waals surface area contributed by atoms with Gasteiger partial charge in [-0.25, -0.2) is 4.68 Å². The Hall–Kier alpha value is -2.75. The molecule has 96 valence electrons. The van der Waals surface area contributed by atoms with E-state index in [1.807, 2.05) is 6.07 Å². The van der Waals surface area contributed by atoms with E-state index in [4.69, 9.17) is 5.26 Å². The van der Waals surface area contributed by atoms with Crippen LogP contribution in [0.1, 0.15) is 22.5 Å². The van der Waals surface area contributed by atoms with E-state index in [0.29, 0.717) is 10.2 Å². The lowest BCUT2D eigenvalue weighted by Crippen LogP contribution is -2.11. The molecular weight excluding hydrogens is 254 g/mol. The first-order chi connectivity index (χ1) is 9.10. The molecule has 1 aromatic heterocycles. The third-order valence-corrected chi connectivity index (χ3v) is 2.31. The standard InChI is InChI=1S/C12H8F2N4O/c13-12(14)18-7-10(6-16-18)17-11(19)9-3-1-2-8(4-9)5-15/h1-4,6-7,12H,(H,17,19). The highest BCUT2D eigenvalue weighted by atomic mass is 19.3. The zero-order valence-corrected chi connectivity index (χ0v) is 9.55. The second-order valence-corrected chi connectivity index (χ2v) is 3.63. The van der Waals surface area contributed by atoms with Gasteiger partial charge in [-0.15, -0.1) is 0 Å². The molecule has 2 aromatic rings. The topological polar surface area (TPSA) is 70.7 Å². The van der Waals surface area contributed by atoms with Gasteiger partial charge in [-0.2, -0.15) is 19.1 Å². The molecule has 0 bridgehead atoms. The number of hydrogen-bond acceptors (Lipinski definition) is 3. The van der Waals surface area contributed by atoms with E-state index in [0.717, 1.165) is 12.4 Å². The van der Waals surface area contributed by atoms with Crippen LogP contribution < -0.4 is 5.32 Å². The number of nitrogens with one attached hydrogen (secondary N) is 1. The van der Waals surface area contributed by atoms with E-state index < -0.39 is 12.5 Å². The minimum atomic E-state index is -2.76. The number of anilines is 1. The highest BCUT2D eigenvalue weighted by molar-refractivity contribution is 6.04. The molecule has 19 heavy (non-hydrogen) atoms. The van der Waals surface area contributed by atoms with Crippen molar-refractivity contribution in [2.75, 3.05) is 5.32 Å². The highest BCUT2D eigenvalue weighted by Crippen LogP contribution is 2.14. The van der Waals surface area contributed by atoms with Crippen LogP contribution in [0.25, 0.3) is 0 Å². The Morgan fingerprint density at radius 3 is 2.89 bits per heavy atom. The van der Waals surface area contributed by atoms with Gasteiger partial charge in [0, 0.05) is 5.56 Å². The molecule has 2 rings (SSSR count). The fourth-order valence-corrected chi connectivity index (χ4v) is 1.44. The summed E-state index contributed by atoms with van der Waals surface area (Å²) in [5.41, 5.74) is 0.771. The van der Waals surface area contributed by atoms with Crippen molar-refractivity contribution < 1.29 is 13.6 Å². The Bertz CT molecular complexity index is 645. The first-order valence-corrected chi connectivity index (χ1v) is 5.24. The van der Waals surface area contributed by atoms with E-state index in [-0.39, 0.29) is 11.3 Å². The van der Waals surface area contributed by atoms with Crippen molar-refractivity contribution in [1.82, 2.24) is 9.78 Å². The van der Waals surface area contributed by atoms with Crippen LogP contribution in [0, 0.1) is 11.3 Å². The van der Waals surface area contributed by atoms with Gasteiger partial charge in [-0.05, 0) is 18.2 Å². The van der Waals surface area contributed by atoms with Crippen LogP contribution in [0.3, 0.4) is 0 Å². The number of rotatable bonds is 3. The van der Waals surface area contributed by atoms with Crippen LogP contribution >= 0.6 is 0 Å². The Balaban J connectivity index is 2.14. The fourth-order valence-electron chi connectivity index (χ4n) is 1.44. The van der Waals surface area contributed by atoms with Crippen molar-refractivity contribution >= 4 is 11.6 Å². The zero-order valence-electron chi connectivity index (χ0n) is 9.55. The molecule has 0 unspecified atom stereocenters. The molecule has 1 N–H and O–H groups in total. The molecule has 0 atom stereocenters. The smallest absolute Gasteiger partial charge is 0.319 e. The van der Waals surface area contributed by atoms with E-state index in [9.17, 15) is 13.6 Å². The lowest BCUT2D eigenvalue weighted by molar-refractivity contribution is 0.0566. The van der Waals surface area contributed by atoms with Crippen molar-refractivity contribution in [3.8, 4) is 6.07 Å². The summed E-state index contributed by atoms with van der Waals surface area (Å²) in [6, 6.07) is 7.97. The third-order valence-electron chi connectivity index (χ3n) is 2.31. The van der Waals surface area contributed by atoms with Gasteiger partial charge < -0.3 is 5.32 Å². The Labute approximate surface area is 107 Å². The summed E-state index contributed by atoms with van der Waals surface area (Å²) in [6.07, 6.45) is 2.15. The molecular formula is C12H8F2N4O. The van der Waals surface area contributed by atoms with Crippen LogP contribution in [-0.2, 0) is 0 Å². The molecule has 0 aliphatic heterocycles. The minimum absolute atomic E-state index is 0.160. The number of benzene rings is 1. The number of aromatic nitrogens is 2. The largest absolute Gasteiger partial charge is 0.333 e. The Morgan fingerprint density at radius 1 is 1.47 bits per heavy atom. The number of nitriles is 1. The fraction of sp³-hybridized carbons (Fsp3) is 0.0833. The third kappa shape index (κ3) is 2.93. The van der Waals surface area contributed by atoms with E-state index in [1.165, 1.54) is 12.1 Å². The highest BCUT2D eigenvalue weighted by Gasteiger charge is 2.11. The molecule has 0 aliphatic carbocycles. The lowest BCUT2D eigenvalue weighted by atomic mass is 10.1. The van der Waals surface area contributed by atoms with Crippen molar-refractivity contribution in [3.05, 3.63) is 47.8 Å². The van der Waals surface area contributed by atoms with E-state index in [1.54, 1.807) is 12.1 Å². The maximum Gasteiger partial charge on any atom is 0.333 e. The summed E-state index contributed by atoms with van der Waals surface area (Å²) in [6.45, 7) is -2.76. The maximum atomic E-state index is 12.3. The molecule has 7 heteroatoms. The maximum absolute atomic E-state index is 12.3. The monoisotopic (exact) mass is 262 g/mol. The molecule has 0 radical (unpaired) electrons. The molecule has 1 amide bonds. The van der Waals surface area contributed by atoms with Crippen molar-refractivity contribution in [1.29, 1.82) is 5.26 Å². The quantitative estimate of drug-likeness (QED) is 0.923. The first kappa shape index (κ1) is 12.7. The molecule has 5 nitrogen and oxygen atoms in total. The minimum Gasteiger partial charge on any atom is -0.319 e. The van der Waals surface area contributed by atoms with Crippen molar-refractivity contribution in [2.24, 2.45) is 0 Å². The summed E-state index contributed by atoms with van der Waals surface area (Å²) in [7, 11) is 0. The summed E-state index contributed by atoms with van der Waals surface area (Å²) >= 11 is 0. The number of carbonyl (C=O) groups excluding carboxylic acids is 1. The summed E-state index contributed by atoms with van der Waals surface area (Å²) in [5.74, 6) is -0.495. The number of carbonyl (C=O) groups is 1. The molecule has 1 aromatic carbocycles. The second kappa shape index (κ2) is 5.27. The number of nitrogens with zero attached hydrogens (tertiary/aromatic N) is 3. The SMILES string of the molecule is N#Cc1cccc(C(=O)Nc2cnn(C(F)F)c2)c1. The average Bonchev–Trinajstić information content (AvgIpc) is 2.87. The number of hydrogen-bond donors (Lipinski definition) is 1. The predicted molar refractivity (Wildman–Crippen MR) is 62.6 cm³/mol. The van der Waals surface area contributed by atoms with Gasteiger partial charge in [0.15, 0.2) is 0 Å². The Morgan fingerprint density at radius 2 is 2.26 bits per heavy atom. The summed E-state index contributed by atoms with van der Waals surface area (Å²) < 4.78 is 25.0. The van der Waals surface area contributed by atoms with Gasteiger partial charge in [0.25, 0.3) is 5.91 Å². The number of halogens is 2. The van der Waals surface area contributed by atoms with Gasteiger partial charge in [0.1, 0.15) is 0 Å². The zero-order chi connectivity index (χ0) is 13.8. The van der Waals surface area contributed by atoms with E-state index in [2.05, 4.69) is 10.4 Å². The average molecular weight is 262 g/mol. The number of amides is 1. The van der Waals surface area contributed by atoms with Gasteiger partial charge in [-0.3, -0.25) is 4.79 Å². The molecule has 0 fully saturated rings. The van der Waals surface area contributed by atoms with Crippen LogP contribution in [0.2, 0.25) is 0 Å². The van der Waals surface area contributed by atoms with Crippen LogP contribution in [0.4, 0.5) is 14.5 Å². The predicted octanol–water partition coefficient (Wildman–Crippen LogP) is 2.40. The van der Waals surface area contributed by atoms with E-state index >= 15 is 0 Å². The Kier molecular flexibility index (Phi) is 3.52. The van der Waals surface area contributed by atoms with Crippen LogP contribution in [-0.4, -0.2) is 15.7 Å². The first-order valence-electron chi connectivity index (χ1n) is 5.24. The van der Waals surface area contributed by atoms with Gasteiger partial charge in [-0.1, -0.05) is 6.07 Å². The number of alkyl halides is 2. The molecule has 0 aliphatic rings. The van der Waals surface area contributed by atoms with Crippen LogP contribution in [0.15, 0.2) is 36.7 Å². The molecule has 0 spiro atoms. The lowest BCUT2D eigenvalue weighted by Gasteiger charge is -2.02. The summed E-state index contributed by atoms with van der Waals surface area (Å²) in [4.78, 5) is 11.8. The molecule has 1 heterocycles. The second-order valence-electron chi connectivity index (χ2n) is 3.63. The van der Waals surface area contributed by atoms with Gasteiger partial charge in [0.05, 0.1) is 29.7 Å². The normalized spacial score (nSPS) is 10.2. The van der Waals surface area contributed by atoms with Crippen LogP contribution in [0.5, 0.6) is 0 Å². The van der Waals surface area contributed by atoms with Crippen molar-refractivity contribution in [2.45, 2.75) is 6.55 Å². The van der Waals surface area contributed by atoms with Gasteiger partial charge in [0.2, 0.25) is 0 Å². The van der Waals surface area contributed by atoms with Gasteiger partial charge >= 0.3 is 6.55 Å². The van der Waals surface area contributed by atoms with Crippen molar-refractivity contribution in [3.63, 3.8) is 0 Å². The molecule has 0 saturated carbocycles. The summed E-state index contributed by atoms with van der Waals surface area (Å²) in [5, 5.41) is 14.5. The molecule has 0 saturated heterocycles.